The van der Waals surface area contributed by atoms with Crippen molar-refractivity contribution in [1.82, 2.24) is 4.90 Å². The highest BCUT2D eigenvalue weighted by molar-refractivity contribution is 5.31. The molecule has 0 amide bonds. The quantitative estimate of drug-likeness (QED) is 0.698. The van der Waals surface area contributed by atoms with Crippen molar-refractivity contribution >= 4 is 0 Å². The fourth-order valence-electron chi connectivity index (χ4n) is 2.72. The maximum absolute atomic E-state index is 5.74. The SMILES string of the molecule is CCCOc1cccc([C@H](CC)[C@@H](C)CN(C)C)c1. The number of benzene rings is 1. The number of hydrogen-bond donors (Lipinski definition) is 0. The van der Waals surface area contributed by atoms with Gasteiger partial charge in [0.2, 0.25) is 0 Å². The Morgan fingerprint density at radius 3 is 2.53 bits per heavy atom. The first-order chi connectivity index (χ1) is 9.08. The van der Waals surface area contributed by atoms with Crippen LogP contribution in [0.2, 0.25) is 0 Å². The molecule has 0 heterocycles. The Hall–Kier alpha value is -1.02. The summed E-state index contributed by atoms with van der Waals surface area (Å²) in [7, 11) is 4.29. The number of hydrogen-bond acceptors (Lipinski definition) is 2. The number of rotatable bonds is 8. The van der Waals surface area contributed by atoms with Gasteiger partial charge in [-0.3, -0.25) is 0 Å². The van der Waals surface area contributed by atoms with Gasteiger partial charge in [-0.15, -0.1) is 0 Å². The van der Waals surface area contributed by atoms with Crippen LogP contribution >= 0.6 is 0 Å². The molecule has 0 bridgehead atoms. The summed E-state index contributed by atoms with van der Waals surface area (Å²) in [6.07, 6.45) is 2.23. The van der Waals surface area contributed by atoms with Crippen LogP contribution in [-0.4, -0.2) is 32.1 Å². The molecule has 0 aliphatic carbocycles. The molecule has 0 aliphatic rings. The van der Waals surface area contributed by atoms with E-state index in [9.17, 15) is 0 Å². The van der Waals surface area contributed by atoms with Crippen LogP contribution in [0.4, 0.5) is 0 Å². The number of ether oxygens (including phenoxy) is 1. The van der Waals surface area contributed by atoms with Crippen molar-refractivity contribution in [2.45, 2.75) is 39.5 Å². The van der Waals surface area contributed by atoms with Gasteiger partial charge < -0.3 is 9.64 Å². The van der Waals surface area contributed by atoms with Crippen molar-refractivity contribution in [1.29, 1.82) is 0 Å². The molecule has 1 aromatic rings. The van der Waals surface area contributed by atoms with E-state index < -0.39 is 0 Å². The van der Waals surface area contributed by atoms with Crippen molar-refractivity contribution in [2.24, 2.45) is 5.92 Å². The lowest BCUT2D eigenvalue weighted by atomic mass is 9.85. The third-order valence-electron chi connectivity index (χ3n) is 3.54. The van der Waals surface area contributed by atoms with E-state index in [1.54, 1.807) is 0 Å². The van der Waals surface area contributed by atoms with Gasteiger partial charge in [0.15, 0.2) is 0 Å². The van der Waals surface area contributed by atoms with Gasteiger partial charge in [-0.05, 0) is 56.5 Å². The molecule has 0 saturated heterocycles. The van der Waals surface area contributed by atoms with E-state index in [4.69, 9.17) is 4.74 Å². The van der Waals surface area contributed by atoms with E-state index in [0.29, 0.717) is 11.8 Å². The molecule has 0 unspecified atom stereocenters. The van der Waals surface area contributed by atoms with Crippen LogP contribution in [0.3, 0.4) is 0 Å². The summed E-state index contributed by atoms with van der Waals surface area (Å²) < 4.78 is 5.74. The second-order valence-corrected chi connectivity index (χ2v) is 5.68. The summed E-state index contributed by atoms with van der Waals surface area (Å²) in [4.78, 5) is 2.27. The summed E-state index contributed by atoms with van der Waals surface area (Å²) in [5.41, 5.74) is 1.41. The highest BCUT2D eigenvalue weighted by Gasteiger charge is 2.18. The van der Waals surface area contributed by atoms with E-state index in [2.05, 4.69) is 64.0 Å². The molecule has 0 spiro atoms. The minimum Gasteiger partial charge on any atom is -0.494 e. The Morgan fingerprint density at radius 1 is 1.21 bits per heavy atom. The van der Waals surface area contributed by atoms with Crippen LogP contribution in [0.1, 0.15) is 45.1 Å². The third kappa shape index (κ3) is 5.23. The fourth-order valence-corrected chi connectivity index (χ4v) is 2.72. The lowest BCUT2D eigenvalue weighted by Gasteiger charge is -2.26. The van der Waals surface area contributed by atoms with Crippen molar-refractivity contribution in [3.8, 4) is 5.75 Å². The molecular weight excluding hydrogens is 234 g/mol. The van der Waals surface area contributed by atoms with Crippen LogP contribution < -0.4 is 4.74 Å². The Labute approximate surface area is 118 Å². The van der Waals surface area contributed by atoms with Crippen molar-refractivity contribution in [3.05, 3.63) is 29.8 Å². The standard InChI is InChI=1S/C17H29NO/c1-6-11-19-16-10-8-9-15(12-16)17(7-2)14(3)13-18(4)5/h8-10,12,14,17H,6-7,11,13H2,1-5H3/t14-,17+/m0/s1. The maximum Gasteiger partial charge on any atom is 0.119 e. The van der Waals surface area contributed by atoms with Gasteiger partial charge in [0.25, 0.3) is 0 Å². The molecule has 19 heavy (non-hydrogen) atoms. The second kappa shape index (κ2) is 8.21. The van der Waals surface area contributed by atoms with E-state index in [1.165, 1.54) is 12.0 Å². The molecule has 2 nitrogen and oxygen atoms in total. The molecule has 2 heteroatoms. The zero-order valence-corrected chi connectivity index (χ0v) is 13.1. The monoisotopic (exact) mass is 263 g/mol. The van der Waals surface area contributed by atoms with Gasteiger partial charge in [-0.25, -0.2) is 0 Å². The average molecular weight is 263 g/mol. The molecule has 1 aromatic carbocycles. The van der Waals surface area contributed by atoms with Crippen LogP contribution in [0, 0.1) is 5.92 Å². The number of nitrogens with zero attached hydrogens (tertiary/aromatic N) is 1. The zero-order valence-electron chi connectivity index (χ0n) is 13.1. The third-order valence-corrected chi connectivity index (χ3v) is 3.54. The van der Waals surface area contributed by atoms with Crippen LogP contribution in [0.25, 0.3) is 0 Å². The van der Waals surface area contributed by atoms with Crippen molar-refractivity contribution in [3.63, 3.8) is 0 Å². The van der Waals surface area contributed by atoms with Gasteiger partial charge in [0, 0.05) is 6.54 Å². The predicted octanol–water partition coefficient (Wildman–Crippen LogP) is 4.17. The minimum atomic E-state index is 0.604. The average Bonchev–Trinajstić information content (AvgIpc) is 2.37. The van der Waals surface area contributed by atoms with Gasteiger partial charge in [0.05, 0.1) is 6.61 Å². The minimum absolute atomic E-state index is 0.604. The predicted molar refractivity (Wildman–Crippen MR) is 83.0 cm³/mol. The summed E-state index contributed by atoms with van der Waals surface area (Å²) in [6.45, 7) is 8.67. The molecule has 0 N–H and O–H groups in total. The lowest BCUT2D eigenvalue weighted by molar-refractivity contribution is 0.299. The molecule has 1 rings (SSSR count). The van der Waals surface area contributed by atoms with Gasteiger partial charge in [0.1, 0.15) is 5.75 Å². The molecule has 0 aromatic heterocycles. The Morgan fingerprint density at radius 2 is 1.95 bits per heavy atom. The first-order valence-electron chi connectivity index (χ1n) is 7.45. The molecule has 2 atom stereocenters. The van der Waals surface area contributed by atoms with E-state index >= 15 is 0 Å². The van der Waals surface area contributed by atoms with Crippen LogP contribution in [-0.2, 0) is 0 Å². The van der Waals surface area contributed by atoms with Gasteiger partial charge in [-0.2, -0.15) is 0 Å². The lowest BCUT2D eigenvalue weighted by Crippen LogP contribution is -2.24. The highest BCUT2D eigenvalue weighted by atomic mass is 16.5. The largest absolute Gasteiger partial charge is 0.494 e. The van der Waals surface area contributed by atoms with Crippen LogP contribution in [0.15, 0.2) is 24.3 Å². The van der Waals surface area contributed by atoms with Gasteiger partial charge >= 0.3 is 0 Å². The smallest absolute Gasteiger partial charge is 0.119 e. The topological polar surface area (TPSA) is 12.5 Å². The fraction of sp³-hybridized carbons (Fsp3) is 0.647. The molecular formula is C17H29NO. The Kier molecular flexibility index (Phi) is 6.93. The molecule has 0 saturated carbocycles. The highest BCUT2D eigenvalue weighted by Crippen LogP contribution is 2.30. The summed E-state index contributed by atoms with van der Waals surface area (Å²) >= 11 is 0. The first-order valence-corrected chi connectivity index (χ1v) is 7.45. The Bertz CT molecular complexity index is 362. The van der Waals surface area contributed by atoms with E-state index in [-0.39, 0.29) is 0 Å². The maximum atomic E-state index is 5.74. The van der Waals surface area contributed by atoms with E-state index in [0.717, 1.165) is 25.3 Å². The molecule has 0 fully saturated rings. The van der Waals surface area contributed by atoms with Crippen molar-refractivity contribution in [2.75, 3.05) is 27.2 Å². The summed E-state index contributed by atoms with van der Waals surface area (Å²) in [6, 6.07) is 8.63. The Balaban J connectivity index is 2.79. The van der Waals surface area contributed by atoms with Crippen LogP contribution in [0.5, 0.6) is 5.75 Å². The zero-order chi connectivity index (χ0) is 14.3. The molecule has 108 valence electrons. The van der Waals surface area contributed by atoms with E-state index in [1.807, 2.05) is 0 Å². The summed E-state index contributed by atoms with van der Waals surface area (Å²) in [5, 5.41) is 0. The molecule has 0 aliphatic heterocycles. The van der Waals surface area contributed by atoms with Gasteiger partial charge in [-0.1, -0.05) is 32.9 Å². The first kappa shape index (κ1) is 16.0. The second-order valence-electron chi connectivity index (χ2n) is 5.68. The molecule has 0 radical (unpaired) electrons. The normalized spacial score (nSPS) is 14.4. The summed E-state index contributed by atoms with van der Waals surface area (Å²) in [5.74, 6) is 2.27. The van der Waals surface area contributed by atoms with Crippen molar-refractivity contribution < 1.29 is 4.74 Å².